The molecule has 0 radical (unpaired) electrons. The maximum atomic E-state index is 13.4. The van der Waals surface area contributed by atoms with Gasteiger partial charge in [0.05, 0.1) is 33.8 Å². The van der Waals surface area contributed by atoms with Gasteiger partial charge >= 0.3 is 0 Å². The summed E-state index contributed by atoms with van der Waals surface area (Å²) in [6.45, 7) is 7.02. The summed E-state index contributed by atoms with van der Waals surface area (Å²) in [7, 11) is 0. The second kappa shape index (κ2) is 13.0. The predicted octanol–water partition coefficient (Wildman–Crippen LogP) is 5.49. The Labute approximate surface area is 242 Å². The van der Waals surface area contributed by atoms with Crippen LogP contribution < -0.4 is 10.6 Å². The van der Waals surface area contributed by atoms with Crippen molar-refractivity contribution in [1.29, 1.82) is 0 Å². The van der Waals surface area contributed by atoms with Crippen molar-refractivity contribution < 1.29 is 14.7 Å². The van der Waals surface area contributed by atoms with Crippen LogP contribution in [0.25, 0.3) is 0 Å². The van der Waals surface area contributed by atoms with Crippen molar-refractivity contribution in [2.75, 3.05) is 13.1 Å². The van der Waals surface area contributed by atoms with E-state index in [4.69, 9.17) is 23.2 Å². The van der Waals surface area contributed by atoms with Gasteiger partial charge in [-0.25, -0.2) is 0 Å². The van der Waals surface area contributed by atoms with Crippen LogP contribution in [-0.4, -0.2) is 58.6 Å². The van der Waals surface area contributed by atoms with E-state index < -0.39 is 18.1 Å². The number of piperidine rings is 1. The fraction of sp³-hybridized carbons (Fsp3) is 0.548. The Hall–Kier alpha value is -2.12. The molecule has 4 rings (SSSR count). The van der Waals surface area contributed by atoms with Gasteiger partial charge in [0, 0.05) is 18.6 Å². The zero-order valence-electron chi connectivity index (χ0n) is 23.1. The number of carbonyl (C=O) groups is 2. The highest BCUT2D eigenvalue weighted by Crippen LogP contribution is 2.39. The number of nitrogens with zero attached hydrogens (tertiary/aromatic N) is 1. The van der Waals surface area contributed by atoms with Crippen molar-refractivity contribution in [2.24, 2.45) is 11.8 Å². The first-order chi connectivity index (χ1) is 18.5. The molecule has 1 saturated carbocycles. The molecular weight excluding hydrogens is 533 g/mol. The second-order valence-corrected chi connectivity index (χ2v) is 13.0. The largest absolute Gasteiger partial charge is 0.390 e. The van der Waals surface area contributed by atoms with E-state index in [0.717, 1.165) is 31.4 Å². The lowest BCUT2D eigenvalue weighted by Gasteiger charge is -2.47. The van der Waals surface area contributed by atoms with Gasteiger partial charge in [0.1, 0.15) is 0 Å². The lowest BCUT2D eigenvalue weighted by atomic mass is 9.72. The van der Waals surface area contributed by atoms with Crippen molar-refractivity contribution in [2.45, 2.75) is 83.0 Å². The zero-order valence-corrected chi connectivity index (χ0v) is 24.6. The van der Waals surface area contributed by atoms with Crippen LogP contribution in [0.3, 0.4) is 0 Å². The molecule has 5 atom stereocenters. The molecule has 1 aliphatic heterocycles. The Morgan fingerprint density at radius 1 is 1.03 bits per heavy atom. The normalized spacial score (nSPS) is 23.4. The van der Waals surface area contributed by atoms with Gasteiger partial charge in [0.25, 0.3) is 5.91 Å². The summed E-state index contributed by atoms with van der Waals surface area (Å²) in [5.41, 5.74) is 0.914. The van der Waals surface area contributed by atoms with Crippen molar-refractivity contribution in [1.82, 2.24) is 15.5 Å². The summed E-state index contributed by atoms with van der Waals surface area (Å²) in [5.74, 6) is 0.674. The van der Waals surface area contributed by atoms with Gasteiger partial charge in [-0.2, -0.15) is 0 Å². The first-order valence-electron chi connectivity index (χ1n) is 14.0. The molecule has 1 aliphatic carbocycles. The van der Waals surface area contributed by atoms with E-state index in [2.05, 4.69) is 15.5 Å². The number of likely N-dealkylation sites (tertiary alicyclic amines) is 1. The maximum absolute atomic E-state index is 13.4. The smallest absolute Gasteiger partial charge is 0.253 e. The molecule has 2 amide bonds. The van der Waals surface area contributed by atoms with Crippen LogP contribution in [-0.2, 0) is 11.2 Å². The van der Waals surface area contributed by atoms with Crippen LogP contribution in [0.15, 0.2) is 48.5 Å². The van der Waals surface area contributed by atoms with Crippen LogP contribution in [0.1, 0.15) is 68.8 Å². The van der Waals surface area contributed by atoms with Gasteiger partial charge in [-0.3, -0.25) is 14.5 Å². The highest BCUT2D eigenvalue weighted by molar-refractivity contribution is 6.43. The third-order valence-electron chi connectivity index (χ3n) is 8.00. The number of hydrogen-bond donors (Lipinski definition) is 3. The first kappa shape index (κ1) is 29.9. The molecule has 1 heterocycles. The standard InChI is InChI=1S/C31H41Cl2N3O3/c1-31(2,3)35-30(39)26-17-21-12-7-8-13-22(21)18-36(26)19-27(37)25(16-20-10-5-4-6-11-20)34-29(38)23-14-9-15-24(32)28(23)33/h4-6,9-11,14-15,21-22,25-27,37H,7-8,12-13,16-19H2,1-3H3,(H,34,38)(H,35,39)/t21-,22+,25-,26-,27-/m0/s1. The molecule has 0 aromatic heterocycles. The average molecular weight is 575 g/mol. The summed E-state index contributed by atoms with van der Waals surface area (Å²) >= 11 is 12.5. The molecule has 2 aromatic rings. The number of β-amino-alcohol motifs (C(OH)–C–C–N with tert-alkyl or cyclic N) is 1. The monoisotopic (exact) mass is 573 g/mol. The van der Waals surface area contributed by atoms with E-state index in [-0.39, 0.29) is 34.6 Å². The van der Waals surface area contributed by atoms with E-state index in [9.17, 15) is 14.7 Å². The van der Waals surface area contributed by atoms with Gasteiger partial charge in [-0.15, -0.1) is 0 Å². The number of carbonyl (C=O) groups excluding carboxylic acids is 2. The van der Waals surface area contributed by atoms with E-state index in [1.165, 1.54) is 12.8 Å². The second-order valence-electron chi connectivity index (χ2n) is 12.2. The Balaban J connectivity index is 1.56. The molecule has 8 heteroatoms. The fourth-order valence-corrected chi connectivity index (χ4v) is 6.46. The van der Waals surface area contributed by atoms with Gasteiger partial charge in [-0.1, -0.05) is 78.9 Å². The van der Waals surface area contributed by atoms with E-state index in [0.29, 0.717) is 23.3 Å². The van der Waals surface area contributed by atoms with Crippen LogP contribution in [0, 0.1) is 11.8 Å². The number of nitrogens with one attached hydrogen (secondary N) is 2. The average Bonchev–Trinajstić information content (AvgIpc) is 2.89. The van der Waals surface area contributed by atoms with Gasteiger partial charge in [0.15, 0.2) is 0 Å². The Morgan fingerprint density at radius 2 is 1.72 bits per heavy atom. The SMILES string of the molecule is CC(C)(C)NC(=O)[C@@H]1C[C@@H]2CCCC[C@@H]2CN1C[C@H](O)[C@H](Cc1ccccc1)NC(=O)c1cccc(Cl)c1Cl. The van der Waals surface area contributed by atoms with Crippen molar-refractivity contribution in [3.63, 3.8) is 0 Å². The Bertz CT molecular complexity index is 1140. The molecule has 3 N–H and O–H groups in total. The minimum absolute atomic E-state index is 0.00748. The van der Waals surface area contributed by atoms with E-state index >= 15 is 0 Å². The summed E-state index contributed by atoms with van der Waals surface area (Å²) in [5, 5.41) is 18.3. The number of aliphatic hydroxyl groups excluding tert-OH is 1. The number of benzene rings is 2. The summed E-state index contributed by atoms with van der Waals surface area (Å²) in [6, 6.07) is 13.8. The maximum Gasteiger partial charge on any atom is 0.253 e. The molecule has 1 saturated heterocycles. The number of hydrogen-bond acceptors (Lipinski definition) is 4. The highest BCUT2D eigenvalue weighted by Gasteiger charge is 2.41. The Kier molecular flexibility index (Phi) is 9.97. The van der Waals surface area contributed by atoms with E-state index in [1.807, 2.05) is 51.1 Å². The molecule has 39 heavy (non-hydrogen) atoms. The molecule has 6 nitrogen and oxygen atoms in total. The minimum Gasteiger partial charge on any atom is -0.390 e. The predicted molar refractivity (Wildman–Crippen MR) is 157 cm³/mol. The van der Waals surface area contributed by atoms with Crippen LogP contribution in [0.5, 0.6) is 0 Å². The molecule has 212 valence electrons. The molecule has 0 spiro atoms. The number of amides is 2. The molecular formula is C31H41Cl2N3O3. The Morgan fingerprint density at radius 3 is 2.41 bits per heavy atom. The van der Waals surface area contributed by atoms with Crippen molar-refractivity contribution in [3.05, 3.63) is 69.7 Å². The third-order valence-corrected chi connectivity index (χ3v) is 8.82. The van der Waals surface area contributed by atoms with Gasteiger partial charge < -0.3 is 15.7 Å². The quantitative estimate of drug-likeness (QED) is 0.390. The van der Waals surface area contributed by atoms with Crippen molar-refractivity contribution in [3.8, 4) is 0 Å². The summed E-state index contributed by atoms with van der Waals surface area (Å²) < 4.78 is 0. The van der Waals surface area contributed by atoms with Crippen LogP contribution >= 0.6 is 23.2 Å². The first-order valence-corrected chi connectivity index (χ1v) is 14.8. The molecule has 0 bridgehead atoms. The molecule has 2 aromatic carbocycles. The number of aliphatic hydroxyl groups is 1. The van der Waals surface area contributed by atoms with Crippen LogP contribution in [0.2, 0.25) is 10.0 Å². The van der Waals surface area contributed by atoms with Crippen LogP contribution in [0.4, 0.5) is 0 Å². The molecule has 0 unspecified atom stereocenters. The minimum atomic E-state index is -0.905. The van der Waals surface area contributed by atoms with E-state index in [1.54, 1.807) is 18.2 Å². The topological polar surface area (TPSA) is 81.7 Å². The molecule has 2 fully saturated rings. The molecule has 2 aliphatic rings. The van der Waals surface area contributed by atoms with Gasteiger partial charge in [0.2, 0.25) is 5.91 Å². The number of fused-ring (bicyclic) bond motifs is 1. The summed E-state index contributed by atoms with van der Waals surface area (Å²) in [4.78, 5) is 28.9. The highest BCUT2D eigenvalue weighted by atomic mass is 35.5. The third kappa shape index (κ3) is 7.97. The lowest BCUT2D eigenvalue weighted by molar-refractivity contribution is -0.132. The fourth-order valence-electron chi connectivity index (χ4n) is 6.07. The van der Waals surface area contributed by atoms with Crippen molar-refractivity contribution >= 4 is 35.0 Å². The zero-order chi connectivity index (χ0) is 28.2. The number of halogens is 2. The number of rotatable bonds is 8. The van der Waals surface area contributed by atoms with Gasteiger partial charge in [-0.05, 0) is 69.6 Å². The lowest BCUT2D eigenvalue weighted by Crippen LogP contribution is -2.60. The summed E-state index contributed by atoms with van der Waals surface area (Å²) in [6.07, 6.45) is 5.07.